The number of piperidine rings is 1. The van der Waals surface area contributed by atoms with Crippen LogP contribution in [-0.4, -0.2) is 41.7 Å². The first-order chi connectivity index (χ1) is 20.3. The van der Waals surface area contributed by atoms with Crippen LogP contribution in [-0.2, 0) is 11.2 Å². The number of benzene rings is 1. The number of aliphatic hydroxyl groups is 1. The van der Waals surface area contributed by atoms with Gasteiger partial charge in [-0.15, -0.1) is 11.3 Å². The summed E-state index contributed by atoms with van der Waals surface area (Å²) in [5.41, 5.74) is 7.64. The summed E-state index contributed by atoms with van der Waals surface area (Å²) in [6.45, 7) is 12.7. The molecule has 1 aromatic heterocycles. The molecule has 228 valence electrons. The van der Waals surface area contributed by atoms with E-state index in [1.165, 1.54) is 21.6 Å². The highest BCUT2D eigenvalue weighted by Crippen LogP contribution is 2.35. The summed E-state index contributed by atoms with van der Waals surface area (Å²) < 4.78 is 6.43. The van der Waals surface area contributed by atoms with E-state index in [-0.39, 0.29) is 12.3 Å². The molecule has 0 spiro atoms. The van der Waals surface area contributed by atoms with Crippen molar-refractivity contribution in [2.24, 2.45) is 0 Å². The number of rotatable bonds is 16. The third kappa shape index (κ3) is 11.2. The number of ether oxygens (including phenoxy) is 1. The normalized spacial score (nSPS) is 16.1. The summed E-state index contributed by atoms with van der Waals surface area (Å²) in [4.78, 5) is 14.8. The number of hydrogen-bond acceptors (Lipinski definition) is 5. The van der Waals surface area contributed by atoms with E-state index in [1.807, 2.05) is 6.08 Å². The van der Waals surface area contributed by atoms with Crippen molar-refractivity contribution in [3.8, 4) is 16.9 Å². The summed E-state index contributed by atoms with van der Waals surface area (Å²) in [5, 5.41) is 12.1. The van der Waals surface area contributed by atoms with Gasteiger partial charge < -0.3 is 9.84 Å². The van der Waals surface area contributed by atoms with Gasteiger partial charge in [0.05, 0.1) is 6.10 Å². The maximum Gasteiger partial charge on any atom is 0.152 e. The predicted octanol–water partition coefficient (Wildman–Crippen LogP) is 9.55. The Balaban J connectivity index is 1.66. The Morgan fingerprint density at radius 3 is 2.33 bits per heavy atom. The van der Waals surface area contributed by atoms with E-state index in [4.69, 9.17) is 4.74 Å². The van der Waals surface area contributed by atoms with Gasteiger partial charge in [0.2, 0.25) is 0 Å². The molecular formula is C37H51NO3S. The summed E-state index contributed by atoms with van der Waals surface area (Å²) >= 11 is 1.76. The molecule has 1 aliphatic rings. The molecule has 1 aromatic carbocycles. The lowest BCUT2D eigenvalue weighted by Crippen LogP contribution is -2.45. The number of nitrogens with zero attached hydrogens (tertiary/aromatic N) is 1. The summed E-state index contributed by atoms with van der Waals surface area (Å²) in [6, 6.07) is 8.35. The van der Waals surface area contributed by atoms with Gasteiger partial charge >= 0.3 is 0 Å². The van der Waals surface area contributed by atoms with Gasteiger partial charge in [-0.3, -0.25) is 9.69 Å². The SMILES string of the molecule is CCCC(Oc1ccc(-c2csc(CC=C(C)CCC=C(C)CCC=C(C)C)c2C=CC=O)cc1)N1CCC(O)CC1. The number of carbonyl (C=O) groups is 1. The lowest BCUT2D eigenvalue weighted by atomic mass is 10.0. The molecule has 1 saturated heterocycles. The second kappa shape index (κ2) is 18.0. The Morgan fingerprint density at radius 1 is 1.02 bits per heavy atom. The van der Waals surface area contributed by atoms with Crippen molar-refractivity contribution in [2.45, 2.75) is 105 Å². The molecule has 1 fully saturated rings. The van der Waals surface area contributed by atoms with Gasteiger partial charge in [-0.25, -0.2) is 0 Å². The molecule has 4 nitrogen and oxygen atoms in total. The van der Waals surface area contributed by atoms with Crippen molar-refractivity contribution in [2.75, 3.05) is 13.1 Å². The molecule has 0 aliphatic carbocycles. The summed E-state index contributed by atoms with van der Waals surface area (Å²) in [7, 11) is 0. The van der Waals surface area contributed by atoms with Crippen LogP contribution in [0.3, 0.4) is 0 Å². The van der Waals surface area contributed by atoms with E-state index in [9.17, 15) is 9.90 Å². The maximum absolute atomic E-state index is 11.2. The molecule has 1 aliphatic heterocycles. The summed E-state index contributed by atoms with van der Waals surface area (Å²) in [6.07, 6.45) is 20.2. The van der Waals surface area contributed by atoms with Crippen molar-refractivity contribution in [1.29, 1.82) is 0 Å². The van der Waals surface area contributed by atoms with E-state index in [2.05, 4.69) is 87.4 Å². The average molecular weight is 590 g/mol. The van der Waals surface area contributed by atoms with Gasteiger partial charge in [0, 0.05) is 24.4 Å². The number of thiophene rings is 1. The number of carbonyl (C=O) groups excluding carboxylic acids is 1. The molecule has 5 heteroatoms. The van der Waals surface area contributed by atoms with Gasteiger partial charge in [0.25, 0.3) is 0 Å². The van der Waals surface area contributed by atoms with Crippen molar-refractivity contribution in [3.63, 3.8) is 0 Å². The second-order valence-electron chi connectivity index (χ2n) is 11.8. The largest absolute Gasteiger partial charge is 0.475 e. The van der Waals surface area contributed by atoms with Crippen LogP contribution in [0.4, 0.5) is 0 Å². The zero-order valence-electron chi connectivity index (χ0n) is 26.4. The van der Waals surface area contributed by atoms with Crippen molar-refractivity contribution in [1.82, 2.24) is 4.90 Å². The van der Waals surface area contributed by atoms with E-state index >= 15 is 0 Å². The van der Waals surface area contributed by atoms with Gasteiger partial charge in [-0.1, -0.05) is 60.4 Å². The lowest BCUT2D eigenvalue weighted by molar-refractivity contribution is -0.104. The molecule has 1 N–H and O–H groups in total. The van der Waals surface area contributed by atoms with E-state index in [1.54, 1.807) is 17.4 Å². The number of allylic oxidation sites excluding steroid dienone is 7. The van der Waals surface area contributed by atoms with Crippen LogP contribution in [0.1, 0.15) is 96.4 Å². The van der Waals surface area contributed by atoms with Gasteiger partial charge in [-0.05, 0) is 119 Å². The number of hydrogen-bond donors (Lipinski definition) is 1. The molecule has 0 amide bonds. The highest BCUT2D eigenvalue weighted by molar-refractivity contribution is 7.10. The number of aldehydes is 1. The molecule has 0 bridgehead atoms. The van der Waals surface area contributed by atoms with Gasteiger partial charge in [-0.2, -0.15) is 0 Å². The van der Waals surface area contributed by atoms with Gasteiger partial charge in [0.15, 0.2) is 6.23 Å². The fourth-order valence-electron chi connectivity index (χ4n) is 5.32. The zero-order chi connectivity index (χ0) is 30.3. The average Bonchev–Trinajstić information content (AvgIpc) is 3.38. The quantitative estimate of drug-likeness (QED) is 0.120. The Labute approximate surface area is 258 Å². The minimum Gasteiger partial charge on any atom is -0.475 e. The molecular weight excluding hydrogens is 538 g/mol. The van der Waals surface area contributed by atoms with Crippen LogP contribution >= 0.6 is 11.3 Å². The monoisotopic (exact) mass is 589 g/mol. The van der Waals surface area contributed by atoms with Crippen molar-refractivity contribution >= 4 is 23.7 Å². The van der Waals surface area contributed by atoms with Gasteiger partial charge in [0.1, 0.15) is 12.0 Å². The molecule has 1 atom stereocenters. The van der Waals surface area contributed by atoms with Crippen LogP contribution in [0.25, 0.3) is 17.2 Å². The Kier molecular flexibility index (Phi) is 14.5. The van der Waals surface area contributed by atoms with Crippen LogP contribution in [0.15, 0.2) is 70.7 Å². The van der Waals surface area contributed by atoms with E-state index < -0.39 is 0 Å². The van der Waals surface area contributed by atoms with Crippen molar-refractivity contribution < 1.29 is 14.6 Å². The second-order valence-corrected chi connectivity index (χ2v) is 12.8. The minimum absolute atomic E-state index is 0.0316. The first kappa shape index (κ1) is 33.8. The lowest BCUT2D eigenvalue weighted by Gasteiger charge is -2.36. The van der Waals surface area contributed by atoms with Crippen LogP contribution in [0.2, 0.25) is 0 Å². The number of likely N-dealkylation sites (tertiary alicyclic amines) is 1. The molecule has 0 saturated carbocycles. The van der Waals surface area contributed by atoms with E-state index in [0.717, 1.165) is 99.6 Å². The third-order valence-electron chi connectivity index (χ3n) is 7.89. The van der Waals surface area contributed by atoms with E-state index in [0.29, 0.717) is 0 Å². The predicted molar refractivity (Wildman–Crippen MR) is 180 cm³/mol. The summed E-state index contributed by atoms with van der Waals surface area (Å²) in [5.74, 6) is 0.864. The highest BCUT2D eigenvalue weighted by Gasteiger charge is 2.25. The third-order valence-corrected chi connectivity index (χ3v) is 8.91. The Hall–Kier alpha value is -2.73. The standard InChI is InChI=1S/C37H51NO3S/c1-6-10-37(38-24-22-32(40)23-25-38)41-33-19-17-31(18-20-33)35-27-42-36(34(35)15-9-26-39)21-16-30(5)14-8-13-29(4)12-7-11-28(2)3/h9,11,13,15-20,26-27,32,37,40H,6-8,10,12,14,21-25H2,1-5H3. The Morgan fingerprint density at radius 2 is 1.69 bits per heavy atom. The molecule has 3 rings (SSSR count). The van der Waals surface area contributed by atoms with Crippen LogP contribution in [0, 0.1) is 0 Å². The molecule has 1 unspecified atom stereocenters. The zero-order valence-corrected chi connectivity index (χ0v) is 27.2. The Bertz CT molecular complexity index is 1220. The van der Waals surface area contributed by atoms with Crippen molar-refractivity contribution in [3.05, 3.63) is 81.1 Å². The number of aliphatic hydroxyl groups excluding tert-OH is 1. The molecule has 0 radical (unpaired) electrons. The minimum atomic E-state index is -0.186. The van der Waals surface area contributed by atoms with Crippen LogP contribution < -0.4 is 4.74 Å². The molecule has 2 aromatic rings. The first-order valence-electron chi connectivity index (χ1n) is 15.7. The first-order valence-corrected chi connectivity index (χ1v) is 16.5. The molecule has 2 heterocycles. The highest BCUT2D eigenvalue weighted by atomic mass is 32.1. The van der Waals surface area contributed by atoms with Crippen LogP contribution in [0.5, 0.6) is 5.75 Å². The maximum atomic E-state index is 11.2. The fourth-order valence-corrected chi connectivity index (χ4v) is 6.33. The topological polar surface area (TPSA) is 49.8 Å². The smallest absolute Gasteiger partial charge is 0.152 e. The fraction of sp³-hybridized carbons (Fsp3) is 0.486. The molecule has 42 heavy (non-hydrogen) atoms.